The van der Waals surface area contributed by atoms with Gasteiger partial charge in [0.25, 0.3) is 7.45 Å². The van der Waals surface area contributed by atoms with Crippen molar-refractivity contribution in [2.75, 3.05) is 0 Å². The summed E-state index contributed by atoms with van der Waals surface area (Å²) in [4.78, 5) is 0. The molecular formula is H17B16F. The van der Waals surface area contributed by atoms with E-state index in [4.69, 9.17) is 0 Å². The Balaban J connectivity index is 5.05. The molecule has 0 atom stereocenters. The van der Waals surface area contributed by atoms with E-state index in [0.717, 1.165) is 0 Å². The Bertz CT molecular complexity index is 188. The summed E-state index contributed by atoms with van der Waals surface area (Å²) in [6, 6.07) is 0. The van der Waals surface area contributed by atoms with Crippen LogP contribution in [0.15, 0.2) is 0 Å². The highest BCUT2D eigenvalue weighted by Gasteiger charge is 2.41. The molecule has 0 N–H and O–H groups in total. The maximum absolute atomic E-state index is 12.9. The molecule has 0 nitrogen and oxygen atoms in total. The molecule has 0 rings (SSSR count). The molecule has 0 spiro atoms. The third-order valence-corrected chi connectivity index (χ3v) is 4.50. The minimum Gasteiger partial charge on any atom is -0.354 e. The minimum absolute atomic E-state index is 0.183. The van der Waals surface area contributed by atoms with Crippen molar-refractivity contribution < 1.29 is 4.32 Å². The first-order chi connectivity index (χ1) is 7.73. The SMILES string of the molecule is BB(B)B(B(B)B)B(B(B)B)B(B)B(B)BF. The van der Waals surface area contributed by atoms with Crippen molar-refractivity contribution in [3.05, 3.63) is 0 Å². The van der Waals surface area contributed by atoms with Crippen LogP contribution in [0.3, 0.4) is 0 Å². The smallest absolute Gasteiger partial charge is 0.276 e. The van der Waals surface area contributed by atoms with Crippen LogP contribution in [-0.4, -0.2) is 114 Å². The molecule has 0 radical (unpaired) electrons. The maximum Gasteiger partial charge on any atom is 0.276 e. The van der Waals surface area contributed by atoms with Gasteiger partial charge in [0.1, 0.15) is 0 Å². The standard InChI is InChI=1S/B16FH17/c1-10(2)15(11(3)4)16(12(5)6)14(8)13(7)9-17/h9H,1-8H2. The van der Waals surface area contributed by atoms with Crippen LogP contribution in [-0.2, 0) is 0 Å². The summed E-state index contributed by atoms with van der Waals surface area (Å²) < 4.78 is 12.9. The van der Waals surface area contributed by atoms with Crippen molar-refractivity contribution in [3.63, 3.8) is 0 Å². The van der Waals surface area contributed by atoms with Gasteiger partial charge in [-0.05, 0) is 0 Å². The highest BCUT2D eigenvalue weighted by molar-refractivity contribution is 8.14. The van der Waals surface area contributed by atoms with E-state index in [1.165, 1.54) is 0 Å². The molecule has 0 saturated heterocycles. The van der Waals surface area contributed by atoms with Gasteiger partial charge >= 0.3 is 0 Å². The number of halogens is 1. The van der Waals surface area contributed by atoms with Crippen LogP contribution < -0.4 is 0 Å². The Labute approximate surface area is 118 Å². The van der Waals surface area contributed by atoms with Crippen LogP contribution in [0.25, 0.3) is 0 Å². The first-order valence-corrected chi connectivity index (χ1v) is 7.29. The second-order valence-corrected chi connectivity index (χ2v) is 6.88. The summed E-state index contributed by atoms with van der Waals surface area (Å²) >= 11 is 0. The predicted octanol–water partition coefficient (Wildman–Crippen LogP) is -10.2. The maximum atomic E-state index is 12.9. The fraction of sp³-hybridized carbons (Fsp3) is 0. The average Bonchev–Trinajstić information content (AvgIpc) is 2.21. The van der Waals surface area contributed by atoms with Gasteiger partial charge in [0, 0.05) is 38.3 Å². The van der Waals surface area contributed by atoms with Crippen LogP contribution in [0.2, 0.25) is 0 Å². The third kappa shape index (κ3) is 5.23. The zero-order valence-electron chi connectivity index (χ0n) is 13.1. The summed E-state index contributed by atoms with van der Waals surface area (Å²) in [7, 11) is 17.9. The lowest BCUT2D eigenvalue weighted by Crippen LogP contribution is -2.75. The molecule has 0 unspecified atom stereocenters. The molecule has 0 heterocycles. The molecule has 0 bridgehead atoms. The lowest BCUT2D eigenvalue weighted by molar-refractivity contribution is 0.892. The summed E-state index contributed by atoms with van der Waals surface area (Å²) in [6.07, 6.45) is 3.96. The van der Waals surface area contributed by atoms with Crippen LogP contribution in [0.5, 0.6) is 0 Å². The number of rotatable bonds is 7. The molecule has 0 aliphatic rings. The quantitative estimate of drug-likeness (QED) is 0.365. The molecule has 0 aromatic heterocycles. The molecule has 0 aromatic carbocycles. The third-order valence-electron chi connectivity index (χ3n) is 4.50. The van der Waals surface area contributed by atoms with E-state index >= 15 is 0 Å². The van der Waals surface area contributed by atoms with Crippen molar-refractivity contribution in [2.45, 2.75) is 0 Å². The zero-order valence-corrected chi connectivity index (χ0v) is 13.1. The fourth-order valence-electron chi connectivity index (χ4n) is 3.58. The van der Waals surface area contributed by atoms with Crippen molar-refractivity contribution in [3.8, 4) is 0 Å². The van der Waals surface area contributed by atoms with Gasteiger partial charge in [-0.15, -0.1) is 0 Å². The first kappa shape index (κ1) is 18.0. The highest BCUT2D eigenvalue weighted by atomic mass is 19.1. The van der Waals surface area contributed by atoms with Crippen molar-refractivity contribution in [2.24, 2.45) is 0 Å². The summed E-state index contributed by atoms with van der Waals surface area (Å²) in [6.45, 7) is 0. The molecule has 0 amide bonds. The molecule has 17 heteroatoms. The molecule has 0 aromatic rings. The molecular weight excluding hydrogens is 192 g/mol. The van der Waals surface area contributed by atoms with Crippen molar-refractivity contribution in [1.29, 1.82) is 0 Å². The van der Waals surface area contributed by atoms with Gasteiger partial charge < -0.3 is 4.32 Å². The van der Waals surface area contributed by atoms with E-state index in [1.807, 2.05) is 0 Å². The average molecular weight is 209 g/mol. The number of hydrogen-bond acceptors (Lipinski definition) is 0. The Kier molecular flexibility index (Phi) is 8.67. The Morgan fingerprint density at radius 2 is 1.00 bits per heavy atom. The lowest BCUT2D eigenvalue weighted by Gasteiger charge is -2.35. The van der Waals surface area contributed by atoms with Gasteiger partial charge in [-0.25, -0.2) is 0 Å². The summed E-state index contributed by atoms with van der Waals surface area (Å²) in [5.74, 6) is 0. The van der Waals surface area contributed by atoms with Gasteiger partial charge in [0.15, 0.2) is 0 Å². The van der Waals surface area contributed by atoms with Gasteiger partial charge in [0.05, 0.1) is 68.3 Å². The topological polar surface area (TPSA) is 0 Å². The van der Waals surface area contributed by atoms with Gasteiger partial charge in [0.2, 0.25) is 0 Å². The van der Waals surface area contributed by atoms with Gasteiger partial charge in [-0.2, -0.15) is 0 Å². The van der Waals surface area contributed by atoms with Crippen LogP contribution >= 0.6 is 0 Å². The predicted molar refractivity (Wildman–Crippen MR) is 117 cm³/mol. The Morgan fingerprint density at radius 3 is 1.24 bits per heavy atom. The fourth-order valence-corrected chi connectivity index (χ4v) is 3.58. The number of hydrogen-bond donors (Lipinski definition) is 0. The van der Waals surface area contributed by atoms with Crippen molar-refractivity contribution in [1.82, 2.24) is 0 Å². The lowest BCUT2D eigenvalue weighted by atomic mass is 8.44. The second-order valence-electron chi connectivity index (χ2n) is 6.88. The molecule has 0 fully saturated rings. The first-order valence-electron chi connectivity index (χ1n) is 7.29. The van der Waals surface area contributed by atoms with Crippen molar-refractivity contribution >= 4 is 114 Å². The van der Waals surface area contributed by atoms with Gasteiger partial charge in [-0.3, -0.25) is 0 Å². The Hall–Kier alpha value is 0.969. The van der Waals surface area contributed by atoms with Gasteiger partial charge in [-0.1, -0.05) is 0 Å². The van der Waals surface area contributed by atoms with Crippen LogP contribution in [0.1, 0.15) is 0 Å². The second kappa shape index (κ2) is 8.20. The van der Waals surface area contributed by atoms with E-state index in [2.05, 4.69) is 61.9 Å². The van der Waals surface area contributed by atoms with E-state index in [1.54, 1.807) is 0 Å². The zero-order chi connectivity index (χ0) is 13.7. The largest absolute Gasteiger partial charge is 0.354 e. The summed E-state index contributed by atoms with van der Waals surface area (Å²) in [5, 5.41) is 0. The molecule has 17 heavy (non-hydrogen) atoms. The Morgan fingerprint density at radius 1 is 0.647 bits per heavy atom. The molecule has 0 saturated carbocycles. The van der Waals surface area contributed by atoms with E-state index in [-0.39, 0.29) is 13.8 Å². The van der Waals surface area contributed by atoms with E-state index < -0.39 is 0 Å². The highest BCUT2D eigenvalue weighted by Crippen LogP contribution is 2.01. The normalized spacial score (nSPS) is 9.00. The van der Waals surface area contributed by atoms with Crippen LogP contribution in [0, 0.1) is 0 Å². The van der Waals surface area contributed by atoms with E-state index in [0.29, 0.717) is 38.3 Å². The molecule has 0 aliphatic heterocycles. The minimum atomic E-state index is -0.187. The summed E-state index contributed by atoms with van der Waals surface area (Å²) in [5.41, 5.74) is 0. The monoisotopic (exact) mass is 212 g/mol. The van der Waals surface area contributed by atoms with E-state index in [9.17, 15) is 4.32 Å². The van der Waals surface area contributed by atoms with Crippen LogP contribution in [0.4, 0.5) is 4.32 Å². The molecule has 72 valence electrons. The molecule has 0 aliphatic carbocycles.